The summed E-state index contributed by atoms with van der Waals surface area (Å²) < 4.78 is 0. The lowest BCUT2D eigenvalue weighted by atomic mass is 10.0. The Hall–Kier alpha value is -7.10. The number of nitrogens with zero attached hydrogens (tertiary/aromatic N) is 3. The molecule has 0 aliphatic rings. The minimum Gasteiger partial charge on any atom is -0.310 e. The van der Waals surface area contributed by atoms with Gasteiger partial charge in [-0.3, -0.25) is 0 Å². The molecule has 53 heavy (non-hydrogen) atoms. The Morgan fingerprint density at radius 1 is 0.302 bits per heavy atom. The molecule has 0 bridgehead atoms. The summed E-state index contributed by atoms with van der Waals surface area (Å²) in [6.07, 6.45) is 0. The first-order valence-corrected chi connectivity index (χ1v) is 17.9. The smallest absolute Gasteiger partial charge is 0.160 e. The van der Waals surface area contributed by atoms with Gasteiger partial charge in [0.2, 0.25) is 0 Å². The summed E-state index contributed by atoms with van der Waals surface area (Å²) in [4.78, 5) is 12.3. The van der Waals surface area contributed by atoms with Crippen molar-refractivity contribution in [3.8, 4) is 56.2 Å². The molecule has 0 saturated carbocycles. The minimum atomic E-state index is 0.715. The van der Waals surface area contributed by atoms with Gasteiger partial charge in [0.15, 0.2) is 5.82 Å². The van der Waals surface area contributed by atoms with Gasteiger partial charge < -0.3 is 4.90 Å². The van der Waals surface area contributed by atoms with Gasteiger partial charge in [0, 0.05) is 33.5 Å². The SMILES string of the molecule is c1ccc(-c2ccc(N(c3ccc(-c4ccc(-c5cc(-c6ccccc6)nc(-c6ccccc6)n5)cc4)cc3)c3cccc4ccccc34)cc2)cc1. The molecule has 0 amide bonds. The van der Waals surface area contributed by atoms with E-state index < -0.39 is 0 Å². The lowest BCUT2D eigenvalue weighted by Crippen LogP contribution is -2.10. The van der Waals surface area contributed by atoms with E-state index in [-0.39, 0.29) is 0 Å². The molecule has 1 heterocycles. The summed E-state index contributed by atoms with van der Waals surface area (Å²) in [5, 5.41) is 2.42. The number of hydrogen-bond donors (Lipinski definition) is 0. The molecule has 250 valence electrons. The maximum atomic E-state index is 5.02. The van der Waals surface area contributed by atoms with Crippen LogP contribution in [0.25, 0.3) is 66.9 Å². The summed E-state index contributed by atoms with van der Waals surface area (Å²) >= 11 is 0. The highest BCUT2D eigenvalue weighted by Gasteiger charge is 2.16. The lowest BCUT2D eigenvalue weighted by molar-refractivity contribution is 1.18. The van der Waals surface area contributed by atoms with E-state index in [1.54, 1.807) is 0 Å². The third-order valence-electron chi connectivity index (χ3n) is 9.71. The monoisotopic (exact) mass is 677 g/mol. The molecular formula is C50H35N3. The van der Waals surface area contributed by atoms with Crippen LogP contribution in [0.5, 0.6) is 0 Å². The zero-order chi connectivity index (χ0) is 35.4. The fourth-order valence-corrected chi connectivity index (χ4v) is 6.97. The molecule has 0 spiro atoms. The minimum absolute atomic E-state index is 0.715. The molecule has 0 radical (unpaired) electrons. The van der Waals surface area contributed by atoms with Gasteiger partial charge in [0.05, 0.1) is 17.1 Å². The van der Waals surface area contributed by atoms with E-state index in [1.165, 1.54) is 21.9 Å². The fourth-order valence-electron chi connectivity index (χ4n) is 6.97. The highest BCUT2D eigenvalue weighted by Crippen LogP contribution is 2.40. The molecule has 0 unspecified atom stereocenters. The van der Waals surface area contributed by atoms with Crippen LogP contribution in [0.2, 0.25) is 0 Å². The maximum Gasteiger partial charge on any atom is 0.160 e. The third-order valence-corrected chi connectivity index (χ3v) is 9.71. The number of anilines is 3. The van der Waals surface area contributed by atoms with Gasteiger partial charge in [0.25, 0.3) is 0 Å². The van der Waals surface area contributed by atoms with Crippen LogP contribution in [0.15, 0.2) is 212 Å². The number of benzene rings is 8. The number of fused-ring (bicyclic) bond motifs is 1. The Bertz CT molecular complexity index is 2560. The zero-order valence-electron chi connectivity index (χ0n) is 29.0. The summed E-state index contributed by atoms with van der Waals surface area (Å²) in [7, 11) is 0. The van der Waals surface area contributed by atoms with Crippen LogP contribution < -0.4 is 4.90 Å². The largest absolute Gasteiger partial charge is 0.310 e. The highest BCUT2D eigenvalue weighted by atomic mass is 15.1. The van der Waals surface area contributed by atoms with E-state index in [0.717, 1.165) is 56.3 Å². The van der Waals surface area contributed by atoms with Crippen molar-refractivity contribution in [3.05, 3.63) is 212 Å². The summed E-state index contributed by atoms with van der Waals surface area (Å²) in [6.45, 7) is 0. The number of rotatable bonds is 8. The Morgan fingerprint density at radius 3 is 1.26 bits per heavy atom. The van der Waals surface area contributed by atoms with Crippen molar-refractivity contribution in [1.29, 1.82) is 0 Å². The van der Waals surface area contributed by atoms with Gasteiger partial charge in [-0.25, -0.2) is 9.97 Å². The van der Waals surface area contributed by atoms with E-state index in [1.807, 2.05) is 36.4 Å². The van der Waals surface area contributed by atoms with Crippen molar-refractivity contribution >= 4 is 27.8 Å². The summed E-state index contributed by atoms with van der Waals surface area (Å²) in [5.74, 6) is 0.715. The molecule has 0 saturated heterocycles. The van der Waals surface area contributed by atoms with Crippen molar-refractivity contribution in [2.45, 2.75) is 0 Å². The van der Waals surface area contributed by atoms with Crippen LogP contribution in [0.4, 0.5) is 17.1 Å². The van der Waals surface area contributed by atoms with Crippen LogP contribution in [0.1, 0.15) is 0 Å². The van der Waals surface area contributed by atoms with Crippen LogP contribution in [0.3, 0.4) is 0 Å². The first kappa shape index (κ1) is 31.9. The molecule has 0 atom stereocenters. The van der Waals surface area contributed by atoms with Gasteiger partial charge in [-0.15, -0.1) is 0 Å². The quantitative estimate of drug-likeness (QED) is 0.160. The normalized spacial score (nSPS) is 11.0. The molecule has 0 aliphatic carbocycles. The van der Waals surface area contributed by atoms with Crippen LogP contribution in [0, 0.1) is 0 Å². The second kappa shape index (κ2) is 14.3. The molecule has 9 aromatic rings. The van der Waals surface area contributed by atoms with Gasteiger partial charge in [0.1, 0.15) is 0 Å². The molecule has 1 aromatic heterocycles. The molecule has 9 rings (SSSR count). The third kappa shape index (κ3) is 6.60. The summed E-state index contributed by atoms with van der Waals surface area (Å²) in [5.41, 5.74) is 12.9. The molecule has 8 aromatic carbocycles. The number of hydrogen-bond acceptors (Lipinski definition) is 3. The molecule has 0 N–H and O–H groups in total. The van der Waals surface area contributed by atoms with Gasteiger partial charge >= 0.3 is 0 Å². The zero-order valence-corrected chi connectivity index (χ0v) is 29.0. The van der Waals surface area contributed by atoms with Crippen molar-refractivity contribution in [2.24, 2.45) is 0 Å². The van der Waals surface area contributed by atoms with Gasteiger partial charge in [-0.05, 0) is 64.0 Å². The Morgan fingerprint density at radius 2 is 0.698 bits per heavy atom. The van der Waals surface area contributed by atoms with Crippen molar-refractivity contribution in [1.82, 2.24) is 9.97 Å². The molecule has 3 heteroatoms. The predicted molar refractivity (Wildman–Crippen MR) is 221 cm³/mol. The van der Waals surface area contributed by atoms with E-state index in [2.05, 4.69) is 181 Å². The van der Waals surface area contributed by atoms with Gasteiger partial charge in [-0.1, -0.05) is 176 Å². The molecule has 0 aliphatic heterocycles. The first-order valence-electron chi connectivity index (χ1n) is 17.9. The van der Waals surface area contributed by atoms with Crippen molar-refractivity contribution in [3.63, 3.8) is 0 Å². The number of aromatic nitrogens is 2. The van der Waals surface area contributed by atoms with E-state index in [4.69, 9.17) is 9.97 Å². The van der Waals surface area contributed by atoms with Crippen LogP contribution >= 0.6 is 0 Å². The molecule has 3 nitrogen and oxygen atoms in total. The second-order valence-electron chi connectivity index (χ2n) is 13.1. The average Bonchev–Trinajstić information content (AvgIpc) is 3.25. The molecular weight excluding hydrogens is 643 g/mol. The van der Waals surface area contributed by atoms with E-state index >= 15 is 0 Å². The predicted octanol–water partition coefficient (Wildman–Crippen LogP) is 13.4. The maximum absolute atomic E-state index is 5.02. The van der Waals surface area contributed by atoms with Crippen LogP contribution in [-0.4, -0.2) is 9.97 Å². The highest BCUT2D eigenvalue weighted by molar-refractivity contribution is 5.99. The van der Waals surface area contributed by atoms with Crippen molar-refractivity contribution in [2.75, 3.05) is 4.90 Å². The lowest BCUT2D eigenvalue weighted by Gasteiger charge is -2.27. The van der Waals surface area contributed by atoms with E-state index in [9.17, 15) is 0 Å². The first-order chi connectivity index (χ1) is 26.3. The standard InChI is InChI=1S/C50H35N3/c1-4-13-36(14-5-1)38-27-31-44(32-28-38)53(49-22-12-20-40-15-10-11-21-46(40)49)45-33-29-39(30-34-45)37-23-25-42(26-24-37)48-35-47(41-16-6-2-7-17-41)51-50(52-48)43-18-8-3-9-19-43/h1-35H. The Kier molecular flexibility index (Phi) is 8.57. The Balaban J connectivity index is 1.06. The topological polar surface area (TPSA) is 29.0 Å². The van der Waals surface area contributed by atoms with Gasteiger partial charge in [-0.2, -0.15) is 0 Å². The molecule has 0 fully saturated rings. The summed E-state index contributed by atoms with van der Waals surface area (Å²) in [6, 6.07) is 74.6. The van der Waals surface area contributed by atoms with E-state index in [0.29, 0.717) is 5.82 Å². The average molecular weight is 678 g/mol. The van der Waals surface area contributed by atoms with Crippen molar-refractivity contribution < 1.29 is 0 Å². The second-order valence-corrected chi connectivity index (χ2v) is 13.1. The van der Waals surface area contributed by atoms with Crippen LogP contribution in [-0.2, 0) is 0 Å². The Labute approximate surface area is 310 Å². The fraction of sp³-hybridized carbons (Fsp3) is 0.